The second kappa shape index (κ2) is 5.27. The zero-order valence-electron chi connectivity index (χ0n) is 12.2. The summed E-state index contributed by atoms with van der Waals surface area (Å²) in [5.41, 5.74) is 3.95. The first-order valence-electron chi connectivity index (χ1n) is 7.00. The smallest absolute Gasteiger partial charge is 0.152 e. The third-order valence-electron chi connectivity index (χ3n) is 3.89. The van der Waals surface area contributed by atoms with Crippen molar-refractivity contribution in [3.8, 4) is 0 Å². The van der Waals surface area contributed by atoms with E-state index >= 15 is 0 Å². The molecule has 20 heavy (non-hydrogen) atoms. The minimum atomic E-state index is 0.742. The monoisotopic (exact) mass is 291 g/mol. The zero-order valence-corrected chi connectivity index (χ0v) is 13.0. The molecule has 5 nitrogen and oxygen atoms in total. The Kier molecular flexibility index (Phi) is 3.62. The number of hydrogen-bond acceptors (Lipinski definition) is 6. The van der Waals surface area contributed by atoms with Crippen LogP contribution in [0.3, 0.4) is 0 Å². The van der Waals surface area contributed by atoms with Crippen LogP contribution in [-0.4, -0.2) is 28.5 Å². The molecule has 0 aliphatic heterocycles. The van der Waals surface area contributed by atoms with Crippen molar-refractivity contribution in [2.24, 2.45) is 11.8 Å². The molecule has 1 fully saturated rings. The molecule has 0 aromatic carbocycles. The number of nitrogens with zero attached hydrogens (tertiary/aromatic N) is 3. The molecule has 3 N–H and O–H groups in total. The molecule has 3 rings (SSSR count). The molecule has 2 aromatic heterocycles. The van der Waals surface area contributed by atoms with E-state index in [0.29, 0.717) is 0 Å². The van der Waals surface area contributed by atoms with Crippen molar-refractivity contribution >= 4 is 27.4 Å². The van der Waals surface area contributed by atoms with E-state index in [-0.39, 0.29) is 0 Å². The van der Waals surface area contributed by atoms with Crippen molar-refractivity contribution in [1.82, 2.24) is 14.9 Å². The Hall–Kier alpha value is -1.24. The van der Waals surface area contributed by atoms with Gasteiger partial charge < -0.3 is 5.43 Å². The fourth-order valence-electron chi connectivity index (χ4n) is 2.52. The molecule has 0 saturated heterocycles. The van der Waals surface area contributed by atoms with Crippen LogP contribution < -0.4 is 11.3 Å². The highest BCUT2D eigenvalue weighted by Crippen LogP contribution is 2.33. The first-order chi connectivity index (χ1) is 9.58. The Morgan fingerprint density at radius 2 is 2.10 bits per heavy atom. The van der Waals surface area contributed by atoms with Gasteiger partial charge in [-0.05, 0) is 45.2 Å². The lowest BCUT2D eigenvalue weighted by molar-refractivity contribution is 0.306. The van der Waals surface area contributed by atoms with E-state index in [0.717, 1.165) is 40.9 Å². The summed E-state index contributed by atoms with van der Waals surface area (Å²) in [5.74, 6) is 8.10. The lowest BCUT2D eigenvalue weighted by atomic mass is 10.2. The maximum atomic E-state index is 5.64. The fraction of sp³-hybridized carbons (Fsp3) is 0.571. The number of thiophene rings is 1. The number of nitrogens with one attached hydrogen (secondary N) is 1. The fourth-order valence-corrected chi connectivity index (χ4v) is 3.56. The van der Waals surface area contributed by atoms with E-state index in [9.17, 15) is 0 Å². The molecule has 108 valence electrons. The van der Waals surface area contributed by atoms with E-state index in [4.69, 9.17) is 10.8 Å². The summed E-state index contributed by atoms with van der Waals surface area (Å²) in [4.78, 5) is 13.9. The van der Waals surface area contributed by atoms with Gasteiger partial charge in [-0.25, -0.2) is 15.8 Å². The number of anilines is 1. The highest BCUT2D eigenvalue weighted by atomic mass is 32.1. The quantitative estimate of drug-likeness (QED) is 0.654. The average Bonchev–Trinajstić information content (AvgIpc) is 3.15. The molecule has 0 atom stereocenters. The number of hydrazine groups is 1. The average molecular weight is 291 g/mol. The molecule has 1 aliphatic carbocycles. The summed E-state index contributed by atoms with van der Waals surface area (Å²) >= 11 is 1.71. The largest absolute Gasteiger partial charge is 0.308 e. The Morgan fingerprint density at radius 1 is 1.35 bits per heavy atom. The Morgan fingerprint density at radius 3 is 2.75 bits per heavy atom. The summed E-state index contributed by atoms with van der Waals surface area (Å²) < 4.78 is 0. The molecular formula is C14H21N5S. The molecular weight excluding hydrogens is 270 g/mol. The Bertz CT molecular complexity index is 632. The maximum absolute atomic E-state index is 5.64. The van der Waals surface area contributed by atoms with Crippen LogP contribution in [0, 0.1) is 19.8 Å². The number of aromatic nitrogens is 2. The summed E-state index contributed by atoms with van der Waals surface area (Å²) in [6, 6.07) is 0. The maximum Gasteiger partial charge on any atom is 0.152 e. The first-order valence-corrected chi connectivity index (χ1v) is 7.82. The van der Waals surface area contributed by atoms with Gasteiger partial charge in [0.2, 0.25) is 0 Å². The number of aryl methyl sites for hydroxylation is 2. The first kappa shape index (κ1) is 13.7. The van der Waals surface area contributed by atoms with Gasteiger partial charge >= 0.3 is 0 Å². The standard InChI is InChI=1S/C14H21N5S/c1-8-9(2)20-14-12(8)13(18-15)16-11(17-14)7-19(3)6-10-4-5-10/h10H,4-7,15H2,1-3H3,(H,16,17,18). The second-order valence-electron chi connectivity index (χ2n) is 5.74. The normalized spacial score (nSPS) is 15.2. The van der Waals surface area contributed by atoms with E-state index in [1.165, 1.54) is 23.3 Å². The van der Waals surface area contributed by atoms with Crippen molar-refractivity contribution in [1.29, 1.82) is 0 Å². The second-order valence-corrected chi connectivity index (χ2v) is 6.94. The molecule has 0 spiro atoms. The van der Waals surface area contributed by atoms with Crippen molar-refractivity contribution < 1.29 is 0 Å². The molecule has 1 aliphatic rings. The van der Waals surface area contributed by atoms with Crippen LogP contribution in [-0.2, 0) is 6.54 Å². The summed E-state index contributed by atoms with van der Waals surface area (Å²) in [6.07, 6.45) is 2.73. The minimum absolute atomic E-state index is 0.742. The zero-order chi connectivity index (χ0) is 14.3. The van der Waals surface area contributed by atoms with Crippen LogP contribution in [0.4, 0.5) is 5.82 Å². The van der Waals surface area contributed by atoms with Gasteiger partial charge in [0, 0.05) is 11.4 Å². The van der Waals surface area contributed by atoms with Crippen molar-refractivity contribution in [2.75, 3.05) is 19.0 Å². The van der Waals surface area contributed by atoms with Crippen LogP contribution in [0.15, 0.2) is 0 Å². The summed E-state index contributed by atoms with van der Waals surface area (Å²) in [7, 11) is 2.13. The highest BCUT2D eigenvalue weighted by molar-refractivity contribution is 7.18. The van der Waals surface area contributed by atoms with Crippen molar-refractivity contribution in [3.05, 3.63) is 16.3 Å². The number of nitrogen functional groups attached to an aromatic ring is 1. The minimum Gasteiger partial charge on any atom is -0.308 e. The van der Waals surface area contributed by atoms with Gasteiger partial charge in [-0.3, -0.25) is 4.90 Å². The van der Waals surface area contributed by atoms with E-state index in [2.05, 4.69) is 36.2 Å². The van der Waals surface area contributed by atoms with Gasteiger partial charge in [-0.1, -0.05) is 0 Å². The molecule has 1 saturated carbocycles. The highest BCUT2D eigenvalue weighted by Gasteiger charge is 2.23. The van der Waals surface area contributed by atoms with E-state index in [1.54, 1.807) is 11.3 Å². The summed E-state index contributed by atoms with van der Waals surface area (Å²) in [6.45, 7) is 6.12. The van der Waals surface area contributed by atoms with Crippen molar-refractivity contribution in [2.45, 2.75) is 33.2 Å². The van der Waals surface area contributed by atoms with Crippen LogP contribution in [0.2, 0.25) is 0 Å². The van der Waals surface area contributed by atoms with Gasteiger partial charge in [0.1, 0.15) is 10.7 Å². The van der Waals surface area contributed by atoms with Gasteiger partial charge in [-0.15, -0.1) is 11.3 Å². The van der Waals surface area contributed by atoms with Crippen LogP contribution in [0.1, 0.15) is 29.1 Å². The molecule has 6 heteroatoms. The number of hydrogen-bond donors (Lipinski definition) is 2. The lowest BCUT2D eigenvalue weighted by Gasteiger charge is -2.15. The topological polar surface area (TPSA) is 67.1 Å². The van der Waals surface area contributed by atoms with Crippen molar-refractivity contribution in [3.63, 3.8) is 0 Å². The number of nitrogens with two attached hydrogens (primary N) is 1. The Labute approximate surface area is 123 Å². The molecule has 0 radical (unpaired) electrons. The predicted molar refractivity (Wildman–Crippen MR) is 83.8 cm³/mol. The lowest BCUT2D eigenvalue weighted by Crippen LogP contribution is -2.22. The predicted octanol–water partition coefficient (Wildman–Crippen LogP) is 2.44. The molecule has 2 aromatic rings. The molecule has 0 unspecified atom stereocenters. The molecule has 2 heterocycles. The van der Waals surface area contributed by atoms with E-state index < -0.39 is 0 Å². The molecule has 0 amide bonds. The summed E-state index contributed by atoms with van der Waals surface area (Å²) in [5, 5.41) is 1.06. The van der Waals surface area contributed by atoms with Gasteiger partial charge in [-0.2, -0.15) is 0 Å². The third kappa shape index (κ3) is 2.63. The van der Waals surface area contributed by atoms with Gasteiger partial charge in [0.05, 0.1) is 11.9 Å². The molecule has 0 bridgehead atoms. The van der Waals surface area contributed by atoms with Gasteiger partial charge in [0.15, 0.2) is 5.82 Å². The number of rotatable bonds is 5. The third-order valence-corrected chi connectivity index (χ3v) is 4.99. The number of fused-ring (bicyclic) bond motifs is 1. The van der Waals surface area contributed by atoms with Gasteiger partial charge in [0.25, 0.3) is 0 Å². The SMILES string of the molecule is Cc1sc2nc(CN(C)CC3CC3)nc(NN)c2c1C. The van der Waals surface area contributed by atoms with Crippen LogP contribution >= 0.6 is 11.3 Å². The van der Waals surface area contributed by atoms with Crippen LogP contribution in [0.25, 0.3) is 10.2 Å². The van der Waals surface area contributed by atoms with Crippen LogP contribution in [0.5, 0.6) is 0 Å². The Balaban J connectivity index is 1.91. The van der Waals surface area contributed by atoms with E-state index in [1.807, 2.05) is 0 Å².